The van der Waals surface area contributed by atoms with E-state index in [-0.39, 0.29) is 6.42 Å². The van der Waals surface area contributed by atoms with Crippen LogP contribution < -0.4 is 10.1 Å². The number of halogens is 1. The molecule has 0 radical (unpaired) electrons. The largest absolute Gasteiger partial charge is 0.496 e. The molecule has 0 aromatic heterocycles. The molecule has 0 saturated carbocycles. The lowest BCUT2D eigenvalue weighted by Gasteiger charge is -2.09. The van der Waals surface area contributed by atoms with Crippen molar-refractivity contribution in [1.82, 2.24) is 0 Å². The maximum Gasteiger partial charge on any atom is 0.310 e. The fourth-order valence-electron chi connectivity index (χ4n) is 1.93. The molecule has 120 valence electrons. The average Bonchev–Trinajstić information content (AvgIpc) is 2.55. The normalized spacial score (nSPS) is 10.0. The molecule has 0 saturated heterocycles. The Morgan fingerprint density at radius 2 is 1.78 bits per heavy atom. The summed E-state index contributed by atoms with van der Waals surface area (Å²) in [7, 11) is 1.51. The molecule has 0 aliphatic rings. The number of nitrogens with one attached hydrogen (secondary N) is 1. The second kappa shape index (κ2) is 7.93. The predicted octanol–water partition coefficient (Wildman–Crippen LogP) is 2.56. The van der Waals surface area contributed by atoms with Crippen LogP contribution in [0.15, 0.2) is 48.5 Å². The topological polar surface area (TPSA) is 64.6 Å². The van der Waals surface area contributed by atoms with Crippen molar-refractivity contribution in [1.29, 1.82) is 0 Å². The number of carbonyl (C=O) groups excluding carboxylic acids is 2. The third kappa shape index (κ3) is 5.10. The maximum absolute atomic E-state index is 12.8. The van der Waals surface area contributed by atoms with Gasteiger partial charge < -0.3 is 14.8 Å². The number of benzene rings is 2. The minimum Gasteiger partial charge on any atom is -0.496 e. The van der Waals surface area contributed by atoms with Crippen molar-refractivity contribution < 1.29 is 23.5 Å². The van der Waals surface area contributed by atoms with Crippen LogP contribution in [0.2, 0.25) is 0 Å². The van der Waals surface area contributed by atoms with Crippen LogP contribution in [0.4, 0.5) is 10.1 Å². The molecule has 6 heteroatoms. The number of rotatable bonds is 6. The van der Waals surface area contributed by atoms with Crippen molar-refractivity contribution in [2.75, 3.05) is 19.0 Å². The number of amides is 1. The first-order valence-corrected chi connectivity index (χ1v) is 6.91. The highest BCUT2D eigenvalue weighted by atomic mass is 19.1. The number of anilines is 1. The van der Waals surface area contributed by atoms with Crippen LogP contribution in [-0.4, -0.2) is 25.6 Å². The molecule has 2 aromatic rings. The molecule has 5 nitrogen and oxygen atoms in total. The number of hydrogen-bond donors (Lipinski definition) is 1. The molecule has 0 fully saturated rings. The van der Waals surface area contributed by atoms with E-state index in [4.69, 9.17) is 9.47 Å². The standard InChI is InChI=1S/C17H16FNO4/c1-22-15-5-3-2-4-12(15)10-17(21)23-11-16(20)19-14-8-6-13(18)7-9-14/h2-9H,10-11H2,1H3,(H,19,20). The molecule has 1 amide bonds. The summed E-state index contributed by atoms with van der Waals surface area (Å²) in [4.78, 5) is 23.4. The number of esters is 1. The molecule has 0 aliphatic heterocycles. The van der Waals surface area contributed by atoms with Crippen LogP contribution in [0, 0.1) is 5.82 Å². The highest BCUT2D eigenvalue weighted by molar-refractivity contribution is 5.92. The van der Waals surface area contributed by atoms with Crippen molar-refractivity contribution >= 4 is 17.6 Å². The Morgan fingerprint density at radius 3 is 2.48 bits per heavy atom. The van der Waals surface area contributed by atoms with E-state index in [1.165, 1.54) is 31.4 Å². The van der Waals surface area contributed by atoms with Gasteiger partial charge in [0.25, 0.3) is 5.91 Å². The van der Waals surface area contributed by atoms with Gasteiger partial charge in [-0.3, -0.25) is 9.59 Å². The Morgan fingerprint density at radius 1 is 1.09 bits per heavy atom. The van der Waals surface area contributed by atoms with Crippen LogP contribution >= 0.6 is 0 Å². The Kier molecular flexibility index (Phi) is 5.68. The Hall–Kier alpha value is -2.89. The molecular formula is C17H16FNO4. The van der Waals surface area contributed by atoms with E-state index in [1.807, 2.05) is 0 Å². The number of hydrogen-bond acceptors (Lipinski definition) is 4. The fraction of sp³-hybridized carbons (Fsp3) is 0.176. The maximum atomic E-state index is 12.8. The van der Waals surface area contributed by atoms with Crippen LogP contribution in [0.25, 0.3) is 0 Å². The van der Waals surface area contributed by atoms with Crippen molar-refractivity contribution in [3.63, 3.8) is 0 Å². The highest BCUT2D eigenvalue weighted by Crippen LogP contribution is 2.18. The quantitative estimate of drug-likeness (QED) is 0.832. The lowest BCUT2D eigenvalue weighted by molar-refractivity contribution is -0.146. The zero-order chi connectivity index (χ0) is 16.7. The van der Waals surface area contributed by atoms with Gasteiger partial charge in [-0.25, -0.2) is 4.39 Å². The molecular weight excluding hydrogens is 301 g/mol. The number of ether oxygens (including phenoxy) is 2. The summed E-state index contributed by atoms with van der Waals surface area (Å²) in [6.45, 7) is -0.411. The molecule has 0 spiro atoms. The van der Waals surface area contributed by atoms with E-state index >= 15 is 0 Å². The first-order chi connectivity index (χ1) is 11.1. The van der Waals surface area contributed by atoms with Gasteiger partial charge in [0.15, 0.2) is 6.61 Å². The highest BCUT2D eigenvalue weighted by Gasteiger charge is 2.11. The van der Waals surface area contributed by atoms with Crippen LogP contribution in [0.1, 0.15) is 5.56 Å². The average molecular weight is 317 g/mol. The summed E-state index contributed by atoms with van der Waals surface area (Å²) < 4.78 is 22.8. The van der Waals surface area contributed by atoms with E-state index in [0.29, 0.717) is 17.0 Å². The molecule has 23 heavy (non-hydrogen) atoms. The van der Waals surface area contributed by atoms with Crippen molar-refractivity contribution in [3.8, 4) is 5.75 Å². The molecule has 2 aromatic carbocycles. The smallest absolute Gasteiger partial charge is 0.310 e. The van der Waals surface area contributed by atoms with E-state index in [2.05, 4.69) is 5.32 Å². The number of para-hydroxylation sites is 1. The van der Waals surface area contributed by atoms with Crippen molar-refractivity contribution in [3.05, 3.63) is 59.9 Å². The van der Waals surface area contributed by atoms with Crippen LogP contribution in [-0.2, 0) is 20.7 Å². The fourth-order valence-corrected chi connectivity index (χ4v) is 1.93. The van der Waals surface area contributed by atoms with Gasteiger partial charge in [0, 0.05) is 11.3 Å². The minimum absolute atomic E-state index is 0.00778. The van der Waals surface area contributed by atoms with Gasteiger partial charge in [-0.2, -0.15) is 0 Å². The van der Waals surface area contributed by atoms with Gasteiger partial charge in [-0.1, -0.05) is 18.2 Å². The van der Waals surface area contributed by atoms with E-state index in [9.17, 15) is 14.0 Å². The lowest BCUT2D eigenvalue weighted by Crippen LogP contribution is -2.21. The molecule has 0 heterocycles. The van der Waals surface area contributed by atoms with E-state index in [0.717, 1.165) is 0 Å². The van der Waals surface area contributed by atoms with E-state index < -0.39 is 24.3 Å². The number of carbonyl (C=O) groups is 2. The molecule has 0 atom stereocenters. The van der Waals surface area contributed by atoms with Gasteiger partial charge in [-0.05, 0) is 30.3 Å². The van der Waals surface area contributed by atoms with Gasteiger partial charge in [0.2, 0.25) is 0 Å². The SMILES string of the molecule is COc1ccccc1CC(=O)OCC(=O)Nc1ccc(F)cc1. The van der Waals surface area contributed by atoms with Crippen molar-refractivity contribution in [2.24, 2.45) is 0 Å². The van der Waals surface area contributed by atoms with Crippen molar-refractivity contribution in [2.45, 2.75) is 6.42 Å². The third-order valence-electron chi connectivity index (χ3n) is 3.02. The molecule has 0 aliphatic carbocycles. The zero-order valence-corrected chi connectivity index (χ0v) is 12.5. The van der Waals surface area contributed by atoms with Gasteiger partial charge in [-0.15, -0.1) is 0 Å². The summed E-state index contributed by atoms with van der Waals surface area (Å²) in [5.74, 6) is -0.847. The molecule has 0 bridgehead atoms. The van der Waals surface area contributed by atoms with E-state index in [1.54, 1.807) is 24.3 Å². The van der Waals surface area contributed by atoms with Crippen LogP contribution in [0.5, 0.6) is 5.75 Å². The summed E-state index contributed by atoms with van der Waals surface area (Å²) in [6.07, 6.45) is 0.00778. The summed E-state index contributed by atoms with van der Waals surface area (Å²) >= 11 is 0. The Bertz CT molecular complexity index is 685. The zero-order valence-electron chi connectivity index (χ0n) is 12.5. The first kappa shape index (κ1) is 16.5. The monoisotopic (exact) mass is 317 g/mol. The van der Waals surface area contributed by atoms with Gasteiger partial charge in [0.1, 0.15) is 11.6 Å². The molecule has 1 N–H and O–H groups in total. The third-order valence-corrected chi connectivity index (χ3v) is 3.02. The second-order valence-corrected chi connectivity index (χ2v) is 4.70. The Balaban J connectivity index is 1.82. The van der Waals surface area contributed by atoms with Crippen LogP contribution in [0.3, 0.4) is 0 Å². The van der Waals surface area contributed by atoms with Gasteiger partial charge in [0.05, 0.1) is 13.5 Å². The summed E-state index contributed by atoms with van der Waals surface area (Å²) in [5.41, 5.74) is 1.11. The molecule has 2 rings (SSSR count). The summed E-state index contributed by atoms with van der Waals surface area (Å²) in [6, 6.07) is 12.4. The molecule has 0 unspecified atom stereocenters. The predicted molar refractivity (Wildman–Crippen MR) is 82.7 cm³/mol. The summed E-state index contributed by atoms with van der Waals surface area (Å²) in [5, 5.41) is 2.50. The Labute approximate surface area is 133 Å². The minimum atomic E-state index is -0.538. The second-order valence-electron chi connectivity index (χ2n) is 4.70. The lowest BCUT2D eigenvalue weighted by atomic mass is 10.1. The number of methoxy groups -OCH3 is 1. The van der Waals surface area contributed by atoms with Gasteiger partial charge >= 0.3 is 5.97 Å². The first-order valence-electron chi connectivity index (χ1n) is 6.91.